The summed E-state index contributed by atoms with van der Waals surface area (Å²) in [5.41, 5.74) is 3.55. The normalized spacial score (nSPS) is 14.7. The summed E-state index contributed by atoms with van der Waals surface area (Å²) in [7, 11) is 1.39. The highest BCUT2D eigenvalue weighted by molar-refractivity contribution is 6.34. The fourth-order valence-corrected chi connectivity index (χ4v) is 4.64. The van der Waals surface area contributed by atoms with Crippen molar-refractivity contribution < 1.29 is 14.3 Å². The Hall–Kier alpha value is -3.06. The van der Waals surface area contributed by atoms with Crippen molar-refractivity contribution in [3.05, 3.63) is 57.1 Å². The molecule has 3 aromatic rings. The average molecular weight is 456 g/mol. The maximum absolute atomic E-state index is 13.1. The number of esters is 1. The number of piperidine rings is 1. The summed E-state index contributed by atoms with van der Waals surface area (Å²) in [5.74, 6) is -0.534. The van der Waals surface area contributed by atoms with Crippen LogP contribution in [0.15, 0.2) is 35.3 Å². The van der Waals surface area contributed by atoms with E-state index in [9.17, 15) is 14.4 Å². The highest BCUT2D eigenvalue weighted by Crippen LogP contribution is 2.32. The Kier molecular flexibility index (Phi) is 6.11. The van der Waals surface area contributed by atoms with E-state index in [2.05, 4.69) is 4.98 Å². The number of rotatable bonds is 4. The molecule has 0 saturated carbocycles. The molecular weight excluding hydrogens is 430 g/mol. The van der Waals surface area contributed by atoms with Gasteiger partial charge in [0, 0.05) is 42.5 Å². The molecule has 1 aliphatic rings. The Morgan fingerprint density at radius 1 is 1.22 bits per heavy atom. The molecule has 8 heteroatoms. The maximum Gasteiger partial charge on any atom is 0.308 e. The van der Waals surface area contributed by atoms with Gasteiger partial charge in [0.05, 0.1) is 23.6 Å². The number of nitrogens with one attached hydrogen (secondary N) is 1. The molecule has 1 aliphatic heterocycles. The second-order valence-corrected chi connectivity index (χ2v) is 8.57. The predicted molar refractivity (Wildman–Crippen MR) is 124 cm³/mol. The summed E-state index contributed by atoms with van der Waals surface area (Å²) in [6.45, 7) is 5.36. The van der Waals surface area contributed by atoms with Crippen molar-refractivity contribution >= 4 is 34.4 Å². The van der Waals surface area contributed by atoms with Gasteiger partial charge in [0.1, 0.15) is 5.52 Å². The molecule has 4 rings (SSSR count). The lowest BCUT2D eigenvalue weighted by Crippen LogP contribution is -2.40. The van der Waals surface area contributed by atoms with Crippen LogP contribution in [-0.4, -0.2) is 46.5 Å². The summed E-state index contributed by atoms with van der Waals surface area (Å²) >= 11 is 6.56. The number of aromatic nitrogens is 2. The van der Waals surface area contributed by atoms with E-state index in [1.165, 1.54) is 7.11 Å². The first-order valence-electron chi connectivity index (χ1n) is 10.7. The van der Waals surface area contributed by atoms with Crippen molar-refractivity contribution in [1.29, 1.82) is 0 Å². The fourth-order valence-electron chi connectivity index (χ4n) is 4.37. The first-order valence-corrected chi connectivity index (χ1v) is 11.1. The number of amides is 1. The zero-order valence-electron chi connectivity index (χ0n) is 18.4. The molecule has 32 heavy (non-hydrogen) atoms. The van der Waals surface area contributed by atoms with Gasteiger partial charge in [-0.25, -0.2) is 0 Å². The van der Waals surface area contributed by atoms with Gasteiger partial charge in [0.25, 0.3) is 11.5 Å². The van der Waals surface area contributed by atoms with Gasteiger partial charge >= 0.3 is 5.97 Å². The second kappa shape index (κ2) is 8.82. The molecule has 1 fully saturated rings. The van der Waals surface area contributed by atoms with E-state index in [1.54, 1.807) is 21.6 Å². The molecule has 7 nitrogen and oxygen atoms in total. The third-order valence-corrected chi connectivity index (χ3v) is 6.48. The minimum atomic E-state index is -0.223. The number of aromatic amines is 1. The van der Waals surface area contributed by atoms with Crippen LogP contribution in [-0.2, 0) is 16.1 Å². The minimum absolute atomic E-state index is 0.0624. The predicted octanol–water partition coefficient (Wildman–Crippen LogP) is 4.00. The van der Waals surface area contributed by atoms with Crippen molar-refractivity contribution in [1.82, 2.24) is 14.5 Å². The van der Waals surface area contributed by atoms with Crippen molar-refractivity contribution in [3.63, 3.8) is 0 Å². The van der Waals surface area contributed by atoms with E-state index >= 15 is 0 Å². The van der Waals surface area contributed by atoms with Gasteiger partial charge in [0.2, 0.25) is 0 Å². The molecule has 1 N–H and O–H groups in total. The van der Waals surface area contributed by atoms with E-state index in [0.717, 1.165) is 22.2 Å². The van der Waals surface area contributed by atoms with E-state index in [-0.39, 0.29) is 23.4 Å². The number of aryl methyl sites for hydroxylation is 2. The number of likely N-dealkylation sites (tertiary alicyclic amines) is 1. The van der Waals surface area contributed by atoms with E-state index in [0.29, 0.717) is 48.6 Å². The van der Waals surface area contributed by atoms with Crippen LogP contribution in [0.1, 0.15) is 35.8 Å². The van der Waals surface area contributed by atoms with Crippen LogP contribution in [0.4, 0.5) is 0 Å². The van der Waals surface area contributed by atoms with Crippen LogP contribution in [0.2, 0.25) is 5.02 Å². The third-order valence-electron chi connectivity index (χ3n) is 6.17. The summed E-state index contributed by atoms with van der Waals surface area (Å²) in [6, 6.07) is 7.32. The third kappa shape index (κ3) is 3.93. The van der Waals surface area contributed by atoms with Crippen molar-refractivity contribution in [2.24, 2.45) is 5.92 Å². The fraction of sp³-hybridized carbons (Fsp3) is 0.375. The number of benzene rings is 1. The molecule has 2 aromatic heterocycles. The number of pyridine rings is 1. The second-order valence-electron chi connectivity index (χ2n) is 8.16. The Balaban J connectivity index is 1.64. The van der Waals surface area contributed by atoms with Crippen LogP contribution < -0.4 is 5.56 Å². The van der Waals surface area contributed by atoms with E-state index in [1.807, 2.05) is 32.2 Å². The molecule has 0 atom stereocenters. The Labute approximate surface area is 190 Å². The summed E-state index contributed by atoms with van der Waals surface area (Å²) in [6.07, 6.45) is 3.00. The van der Waals surface area contributed by atoms with Crippen LogP contribution in [0, 0.1) is 12.8 Å². The number of halogens is 1. The zero-order chi connectivity index (χ0) is 23.0. The maximum atomic E-state index is 13.1. The molecule has 1 amide bonds. The van der Waals surface area contributed by atoms with Gasteiger partial charge < -0.3 is 19.2 Å². The van der Waals surface area contributed by atoms with Gasteiger partial charge in [-0.15, -0.1) is 0 Å². The van der Waals surface area contributed by atoms with Gasteiger partial charge in [-0.3, -0.25) is 14.4 Å². The molecule has 0 radical (unpaired) electrons. The lowest BCUT2D eigenvalue weighted by atomic mass is 9.96. The number of methoxy groups -OCH3 is 1. The molecule has 168 valence electrons. The number of fused-ring (bicyclic) bond motifs is 1. The topological polar surface area (TPSA) is 84.4 Å². The van der Waals surface area contributed by atoms with Crippen molar-refractivity contribution in [3.8, 4) is 11.1 Å². The summed E-state index contributed by atoms with van der Waals surface area (Å²) in [4.78, 5) is 42.3. The molecule has 0 aliphatic carbocycles. The first kappa shape index (κ1) is 22.1. The number of hydrogen-bond acceptors (Lipinski definition) is 4. The van der Waals surface area contributed by atoms with Crippen LogP contribution >= 0.6 is 11.6 Å². The molecular formula is C24H26ClN3O4. The number of carbonyl (C=O) groups excluding carboxylic acids is 2. The van der Waals surface area contributed by atoms with Crippen LogP contribution in [0.3, 0.4) is 0 Å². The molecule has 0 unspecified atom stereocenters. The monoisotopic (exact) mass is 455 g/mol. The Morgan fingerprint density at radius 3 is 2.56 bits per heavy atom. The largest absolute Gasteiger partial charge is 0.469 e. The Morgan fingerprint density at radius 2 is 1.94 bits per heavy atom. The SMILES string of the molecule is CCn1cc(-c2ccc(C(=O)N3CCC(C(=O)OC)CC3)c(Cl)c2)c2cc(C)[nH]c2c1=O. The number of H-pyrrole nitrogens is 1. The van der Waals surface area contributed by atoms with E-state index < -0.39 is 0 Å². The van der Waals surface area contributed by atoms with Gasteiger partial charge in [-0.2, -0.15) is 0 Å². The lowest BCUT2D eigenvalue weighted by Gasteiger charge is -2.31. The molecule has 0 spiro atoms. The average Bonchev–Trinajstić information content (AvgIpc) is 3.20. The van der Waals surface area contributed by atoms with Gasteiger partial charge in [-0.1, -0.05) is 17.7 Å². The van der Waals surface area contributed by atoms with E-state index in [4.69, 9.17) is 16.3 Å². The van der Waals surface area contributed by atoms with Crippen molar-refractivity contribution in [2.45, 2.75) is 33.2 Å². The number of nitrogens with zero attached hydrogens (tertiary/aromatic N) is 2. The zero-order valence-corrected chi connectivity index (χ0v) is 19.2. The molecule has 1 aromatic carbocycles. The highest BCUT2D eigenvalue weighted by Gasteiger charge is 2.29. The minimum Gasteiger partial charge on any atom is -0.469 e. The quantitative estimate of drug-likeness (QED) is 0.602. The molecule has 1 saturated heterocycles. The Bertz CT molecular complexity index is 1250. The first-order chi connectivity index (χ1) is 15.3. The van der Waals surface area contributed by atoms with Crippen molar-refractivity contribution in [2.75, 3.05) is 20.2 Å². The van der Waals surface area contributed by atoms with Crippen LogP contribution in [0.5, 0.6) is 0 Å². The smallest absolute Gasteiger partial charge is 0.308 e. The van der Waals surface area contributed by atoms with Crippen LogP contribution in [0.25, 0.3) is 22.0 Å². The van der Waals surface area contributed by atoms with Gasteiger partial charge in [0.15, 0.2) is 0 Å². The standard InChI is InChI=1S/C24H26ClN3O4/c1-4-27-13-19(18-11-14(2)26-21(18)23(27)30)16-5-6-17(20(25)12-16)22(29)28-9-7-15(8-10-28)24(31)32-3/h5-6,11-13,15,26H,4,7-10H2,1-3H3. The number of hydrogen-bond donors (Lipinski definition) is 1. The lowest BCUT2D eigenvalue weighted by molar-refractivity contribution is -0.146. The van der Waals surface area contributed by atoms with Gasteiger partial charge in [-0.05, 0) is 50.5 Å². The molecule has 3 heterocycles. The molecule has 0 bridgehead atoms. The highest BCUT2D eigenvalue weighted by atomic mass is 35.5. The summed E-state index contributed by atoms with van der Waals surface area (Å²) < 4.78 is 6.47. The number of ether oxygens (including phenoxy) is 1. The summed E-state index contributed by atoms with van der Waals surface area (Å²) in [5, 5.41) is 1.19. The number of carbonyl (C=O) groups is 2.